The molecule has 0 aliphatic heterocycles. The van der Waals surface area contributed by atoms with Gasteiger partial charge in [-0.2, -0.15) is 0 Å². The largest absolute Gasteiger partial charge is 0.389 e. The first-order valence-electron chi connectivity index (χ1n) is 6.97. The molecular formula is C17H25O3+. The lowest BCUT2D eigenvalue weighted by molar-refractivity contribution is -0.115. The van der Waals surface area contributed by atoms with Crippen LogP contribution in [-0.4, -0.2) is 28.2 Å². The van der Waals surface area contributed by atoms with Crippen LogP contribution in [0.5, 0.6) is 0 Å². The number of aliphatic hydroxyl groups excluding tert-OH is 2. The highest BCUT2D eigenvalue weighted by Gasteiger charge is 2.03. The smallest absolute Gasteiger partial charge is 0.303 e. The third-order valence-electron chi connectivity index (χ3n) is 2.52. The van der Waals surface area contributed by atoms with E-state index >= 15 is 0 Å². The van der Waals surface area contributed by atoms with Crippen molar-refractivity contribution >= 4 is 5.78 Å². The van der Waals surface area contributed by atoms with E-state index in [1.54, 1.807) is 24.3 Å². The van der Waals surface area contributed by atoms with Crippen molar-refractivity contribution in [3.8, 4) is 11.8 Å². The zero-order valence-corrected chi connectivity index (χ0v) is 12.4. The van der Waals surface area contributed by atoms with Crippen LogP contribution in [0.2, 0.25) is 0 Å². The predicted molar refractivity (Wildman–Crippen MR) is 81.7 cm³/mol. The van der Waals surface area contributed by atoms with Crippen LogP contribution in [0.1, 0.15) is 39.5 Å². The van der Waals surface area contributed by atoms with E-state index in [0.29, 0.717) is 25.2 Å². The van der Waals surface area contributed by atoms with Gasteiger partial charge in [0.2, 0.25) is 0 Å². The van der Waals surface area contributed by atoms with E-state index in [4.69, 9.17) is 0 Å². The third-order valence-corrected chi connectivity index (χ3v) is 2.52. The van der Waals surface area contributed by atoms with Crippen LogP contribution in [0.3, 0.4) is 0 Å². The second-order valence-electron chi connectivity index (χ2n) is 5.18. The molecule has 0 aliphatic rings. The fraction of sp³-hybridized carbons (Fsp3) is 0.529. The summed E-state index contributed by atoms with van der Waals surface area (Å²) < 4.78 is 0. The molecule has 0 rings (SSSR count). The molecule has 0 aromatic heterocycles. The summed E-state index contributed by atoms with van der Waals surface area (Å²) in [5.74, 6) is 5.73. The first-order chi connectivity index (χ1) is 9.41. The second kappa shape index (κ2) is 11.3. The van der Waals surface area contributed by atoms with Crippen molar-refractivity contribution in [1.82, 2.24) is 0 Å². The molecule has 2 N–H and O–H groups in total. The van der Waals surface area contributed by atoms with Gasteiger partial charge in [-0.3, -0.25) is 0 Å². The summed E-state index contributed by atoms with van der Waals surface area (Å²) in [7, 11) is 0. The first-order valence-corrected chi connectivity index (χ1v) is 6.97. The van der Waals surface area contributed by atoms with Crippen LogP contribution in [0.15, 0.2) is 24.3 Å². The van der Waals surface area contributed by atoms with Gasteiger partial charge in [0.05, 0.1) is 12.5 Å². The lowest BCUT2D eigenvalue weighted by Crippen LogP contribution is -2.05. The summed E-state index contributed by atoms with van der Waals surface area (Å²) in [5, 5.41) is 19.1. The Morgan fingerprint density at radius 1 is 1.30 bits per heavy atom. The molecule has 0 bridgehead atoms. The van der Waals surface area contributed by atoms with Crippen LogP contribution in [-0.2, 0) is 4.79 Å². The van der Waals surface area contributed by atoms with Gasteiger partial charge in [0, 0.05) is 0 Å². The van der Waals surface area contributed by atoms with Crippen LogP contribution in [0.4, 0.5) is 0 Å². The van der Waals surface area contributed by atoms with Gasteiger partial charge < -0.3 is 10.2 Å². The average Bonchev–Trinajstić information content (AvgIpc) is 2.32. The molecule has 0 heterocycles. The molecule has 2 atom stereocenters. The van der Waals surface area contributed by atoms with Crippen molar-refractivity contribution in [2.24, 2.45) is 5.92 Å². The minimum Gasteiger partial charge on any atom is -0.389 e. The summed E-state index contributed by atoms with van der Waals surface area (Å²) in [6.07, 6.45) is 7.85. The van der Waals surface area contributed by atoms with Crippen molar-refractivity contribution < 1.29 is 15.0 Å². The Balaban J connectivity index is 3.91. The number of Topliss-reactive ketones (excluding diaryl/α,β-unsaturated/α-hetero) is 1. The normalized spacial score (nSPS) is 14.4. The maximum atomic E-state index is 10.6. The molecule has 0 fully saturated rings. The summed E-state index contributed by atoms with van der Waals surface area (Å²) in [6, 6.07) is 0. The van der Waals surface area contributed by atoms with E-state index in [9.17, 15) is 15.0 Å². The molecule has 20 heavy (non-hydrogen) atoms. The Kier molecular flexibility index (Phi) is 10.5. The third kappa shape index (κ3) is 12.9. The molecule has 0 radical (unpaired) electrons. The molecule has 110 valence electrons. The van der Waals surface area contributed by atoms with E-state index in [-0.39, 0.29) is 5.78 Å². The van der Waals surface area contributed by atoms with Crippen molar-refractivity contribution in [2.45, 2.75) is 51.7 Å². The average molecular weight is 277 g/mol. The van der Waals surface area contributed by atoms with E-state index in [0.717, 1.165) is 6.42 Å². The zero-order chi connectivity index (χ0) is 15.4. The molecule has 0 aromatic rings. The molecule has 3 nitrogen and oxygen atoms in total. The Morgan fingerprint density at radius 3 is 2.60 bits per heavy atom. The van der Waals surface area contributed by atoms with Gasteiger partial charge in [0.1, 0.15) is 13.0 Å². The maximum Gasteiger partial charge on any atom is 0.303 e. The van der Waals surface area contributed by atoms with Crippen molar-refractivity contribution in [3.05, 3.63) is 31.2 Å². The highest BCUT2D eigenvalue weighted by atomic mass is 16.3. The quantitative estimate of drug-likeness (QED) is 0.407. The van der Waals surface area contributed by atoms with Gasteiger partial charge in [-0.15, -0.1) is 0 Å². The van der Waals surface area contributed by atoms with Gasteiger partial charge in [-0.05, 0) is 31.3 Å². The number of aliphatic hydroxyl groups is 2. The van der Waals surface area contributed by atoms with E-state index in [1.807, 2.05) is 0 Å². The Bertz CT molecular complexity index is 383. The zero-order valence-electron chi connectivity index (χ0n) is 12.4. The van der Waals surface area contributed by atoms with Crippen molar-refractivity contribution in [1.29, 1.82) is 0 Å². The molecule has 0 saturated heterocycles. The molecule has 0 spiro atoms. The van der Waals surface area contributed by atoms with Gasteiger partial charge in [0.25, 0.3) is 0 Å². The Labute approximate surface area is 122 Å². The second-order valence-corrected chi connectivity index (χ2v) is 5.18. The van der Waals surface area contributed by atoms with Gasteiger partial charge in [-0.25, -0.2) is 4.79 Å². The summed E-state index contributed by atoms with van der Waals surface area (Å²) in [5.41, 5.74) is 0. The van der Waals surface area contributed by atoms with E-state index in [2.05, 4.69) is 32.6 Å². The maximum absolute atomic E-state index is 10.6. The topological polar surface area (TPSA) is 57.5 Å². The van der Waals surface area contributed by atoms with E-state index < -0.39 is 12.2 Å². The van der Waals surface area contributed by atoms with Crippen LogP contribution < -0.4 is 0 Å². The fourth-order valence-corrected chi connectivity index (χ4v) is 1.57. The number of ketones is 1. The van der Waals surface area contributed by atoms with Crippen molar-refractivity contribution in [2.75, 3.05) is 0 Å². The monoisotopic (exact) mass is 277 g/mol. The standard InChI is InChI=1S/C17H25O3/c1-14(2)13-17(20)11-7-5-4-6-10-16(19)12-8-9-15(3)18/h4-5,7,11,14,16-17,19-20H,3,8-9,12-13H2,1-2H3/q+1/b5-4+,11-7+. The van der Waals surface area contributed by atoms with E-state index in [1.165, 1.54) is 0 Å². The number of carbonyl (C=O) groups excluding carboxylic acids is 1. The number of hydrogen-bond donors (Lipinski definition) is 2. The lowest BCUT2D eigenvalue weighted by atomic mass is 10.1. The van der Waals surface area contributed by atoms with Crippen molar-refractivity contribution in [3.63, 3.8) is 0 Å². The number of allylic oxidation sites excluding steroid dienone is 3. The highest BCUT2D eigenvalue weighted by molar-refractivity contribution is 5.82. The SMILES string of the molecule is [CH2+]C(=O)CCCC(O)C#C/C=C/C=C/C(O)CC(C)C. The van der Waals surface area contributed by atoms with Crippen LogP contribution >= 0.6 is 0 Å². The van der Waals surface area contributed by atoms with Gasteiger partial charge in [0.15, 0.2) is 0 Å². The Hall–Kier alpha value is -1.50. The molecule has 0 saturated carbocycles. The molecular weight excluding hydrogens is 252 g/mol. The highest BCUT2D eigenvalue weighted by Crippen LogP contribution is 2.05. The summed E-state index contributed by atoms with van der Waals surface area (Å²) in [4.78, 5) is 10.6. The summed E-state index contributed by atoms with van der Waals surface area (Å²) in [6.45, 7) is 7.38. The van der Waals surface area contributed by atoms with Gasteiger partial charge >= 0.3 is 5.78 Å². The Morgan fingerprint density at radius 2 is 2.00 bits per heavy atom. The van der Waals surface area contributed by atoms with Gasteiger partial charge in [-0.1, -0.05) is 43.9 Å². The lowest BCUT2D eigenvalue weighted by Gasteiger charge is -2.06. The number of carbonyl (C=O) groups is 1. The summed E-state index contributed by atoms with van der Waals surface area (Å²) >= 11 is 0. The number of rotatable bonds is 8. The molecule has 0 aliphatic carbocycles. The molecule has 3 heteroatoms. The molecule has 0 amide bonds. The number of hydrogen-bond acceptors (Lipinski definition) is 3. The van der Waals surface area contributed by atoms with Crippen LogP contribution in [0.25, 0.3) is 0 Å². The molecule has 0 aromatic carbocycles. The van der Waals surface area contributed by atoms with Crippen LogP contribution in [0, 0.1) is 24.7 Å². The predicted octanol–water partition coefficient (Wildman–Crippen LogP) is 2.44. The minimum atomic E-state index is -0.713. The molecule has 2 unspecified atom stereocenters. The first kappa shape index (κ1) is 18.5. The fourth-order valence-electron chi connectivity index (χ4n) is 1.57. The minimum absolute atomic E-state index is 0.116.